The van der Waals surface area contributed by atoms with Crippen LogP contribution in [0.2, 0.25) is 5.02 Å². The van der Waals surface area contributed by atoms with Gasteiger partial charge < -0.3 is 16.0 Å². The van der Waals surface area contributed by atoms with Crippen molar-refractivity contribution in [2.24, 2.45) is 0 Å². The molecule has 5 nitrogen and oxygen atoms in total. The highest BCUT2D eigenvalue weighted by Crippen LogP contribution is 2.27. The van der Waals surface area contributed by atoms with Crippen molar-refractivity contribution in [1.29, 1.82) is 0 Å². The number of benzene rings is 2. The lowest BCUT2D eigenvalue weighted by molar-refractivity contribution is 0.103. The molecule has 0 aliphatic carbocycles. The van der Waals surface area contributed by atoms with E-state index >= 15 is 0 Å². The van der Waals surface area contributed by atoms with E-state index in [0.717, 1.165) is 17.1 Å². The Bertz CT molecular complexity index is 873. The zero-order chi connectivity index (χ0) is 16.4. The Morgan fingerprint density at radius 1 is 1.26 bits per heavy atom. The Hall–Kier alpha value is -2.79. The highest BCUT2D eigenvalue weighted by molar-refractivity contribution is 6.35. The smallest absolute Gasteiger partial charge is 0.229 e. The summed E-state index contributed by atoms with van der Waals surface area (Å²) in [6.45, 7) is 1.84. The highest BCUT2D eigenvalue weighted by Gasteiger charge is 2.16. The zero-order valence-corrected chi connectivity index (χ0v) is 13.2. The lowest BCUT2D eigenvalue weighted by atomic mass is 10.1. The molecule has 0 spiro atoms. The first-order valence-corrected chi connectivity index (χ1v) is 7.40. The Kier molecular flexibility index (Phi) is 4.04. The largest absolute Gasteiger partial charge is 0.397 e. The van der Waals surface area contributed by atoms with Crippen molar-refractivity contribution < 1.29 is 4.79 Å². The Labute approximate surface area is 138 Å². The summed E-state index contributed by atoms with van der Waals surface area (Å²) in [5, 5.41) is 3.53. The van der Waals surface area contributed by atoms with Crippen LogP contribution in [0.25, 0.3) is 0 Å². The molecule has 0 saturated heterocycles. The number of carbonyl (C=O) groups excluding carboxylic acids is 1. The molecule has 6 heteroatoms. The van der Waals surface area contributed by atoms with Gasteiger partial charge in [-0.25, -0.2) is 4.98 Å². The lowest BCUT2D eigenvalue weighted by Crippen LogP contribution is -2.05. The molecular weight excluding hydrogens is 312 g/mol. The fourth-order valence-electron chi connectivity index (χ4n) is 2.20. The highest BCUT2D eigenvalue weighted by atomic mass is 35.5. The van der Waals surface area contributed by atoms with Gasteiger partial charge in [0.25, 0.3) is 0 Å². The third kappa shape index (κ3) is 3.19. The molecule has 3 rings (SSSR count). The number of imidazole rings is 1. The van der Waals surface area contributed by atoms with E-state index in [0.29, 0.717) is 16.3 Å². The summed E-state index contributed by atoms with van der Waals surface area (Å²) in [6.07, 6.45) is 1.61. The maximum absolute atomic E-state index is 12.4. The van der Waals surface area contributed by atoms with Gasteiger partial charge >= 0.3 is 0 Å². The lowest BCUT2D eigenvalue weighted by Gasteiger charge is -2.10. The van der Waals surface area contributed by atoms with Crippen molar-refractivity contribution in [2.75, 3.05) is 11.1 Å². The number of nitrogens with zero attached hydrogens (tertiary/aromatic N) is 1. The van der Waals surface area contributed by atoms with Gasteiger partial charge in [0.15, 0.2) is 5.82 Å². The van der Waals surface area contributed by atoms with Gasteiger partial charge in [-0.1, -0.05) is 23.7 Å². The Morgan fingerprint density at radius 2 is 2.04 bits per heavy atom. The molecule has 4 N–H and O–H groups in total. The van der Waals surface area contributed by atoms with E-state index < -0.39 is 0 Å². The number of aromatic amines is 1. The van der Waals surface area contributed by atoms with Crippen LogP contribution in [0.4, 0.5) is 17.1 Å². The number of halogens is 1. The molecule has 0 aliphatic rings. The van der Waals surface area contributed by atoms with Crippen LogP contribution in [0.3, 0.4) is 0 Å². The molecule has 116 valence electrons. The molecule has 0 radical (unpaired) electrons. The number of rotatable bonds is 4. The fourth-order valence-corrected chi connectivity index (χ4v) is 2.47. The van der Waals surface area contributed by atoms with Gasteiger partial charge in [-0.2, -0.15) is 0 Å². The molecular formula is C17H15ClN4O. The predicted molar refractivity (Wildman–Crippen MR) is 92.3 cm³/mol. The molecule has 0 saturated carbocycles. The average molecular weight is 327 g/mol. The maximum atomic E-state index is 12.4. The number of para-hydroxylation sites is 2. The molecule has 23 heavy (non-hydrogen) atoms. The molecule has 2 aromatic carbocycles. The summed E-state index contributed by atoms with van der Waals surface area (Å²) < 4.78 is 0. The third-order valence-electron chi connectivity index (χ3n) is 3.37. The summed E-state index contributed by atoms with van der Waals surface area (Å²) >= 11 is 6.25. The van der Waals surface area contributed by atoms with Gasteiger partial charge in [-0.3, -0.25) is 4.79 Å². The predicted octanol–water partition coefficient (Wildman–Crippen LogP) is 3.93. The first-order valence-electron chi connectivity index (χ1n) is 7.02. The second-order valence-electron chi connectivity index (χ2n) is 5.15. The van der Waals surface area contributed by atoms with Gasteiger partial charge in [0.05, 0.1) is 16.4 Å². The quantitative estimate of drug-likeness (QED) is 0.501. The molecule has 1 aromatic heterocycles. The van der Waals surface area contributed by atoms with Crippen molar-refractivity contribution in [3.05, 3.63) is 70.8 Å². The number of hydrogen-bond acceptors (Lipinski definition) is 4. The summed E-state index contributed by atoms with van der Waals surface area (Å²) in [5.74, 6) is 0.0336. The van der Waals surface area contributed by atoms with Crippen LogP contribution < -0.4 is 11.1 Å². The van der Waals surface area contributed by atoms with E-state index in [1.54, 1.807) is 30.5 Å². The normalized spacial score (nSPS) is 10.5. The van der Waals surface area contributed by atoms with Gasteiger partial charge in [0.1, 0.15) is 0 Å². The van der Waals surface area contributed by atoms with Crippen LogP contribution in [0.1, 0.15) is 21.9 Å². The van der Waals surface area contributed by atoms with E-state index in [1.807, 2.05) is 25.1 Å². The molecule has 0 unspecified atom stereocenters. The molecule has 0 bridgehead atoms. The summed E-state index contributed by atoms with van der Waals surface area (Å²) in [7, 11) is 0. The minimum Gasteiger partial charge on any atom is -0.397 e. The fraction of sp³-hybridized carbons (Fsp3) is 0.0588. The van der Waals surface area contributed by atoms with Crippen LogP contribution in [0, 0.1) is 6.92 Å². The molecule has 0 fully saturated rings. The zero-order valence-electron chi connectivity index (χ0n) is 12.4. The van der Waals surface area contributed by atoms with Crippen molar-refractivity contribution >= 4 is 34.4 Å². The van der Waals surface area contributed by atoms with Gasteiger partial charge in [-0.15, -0.1) is 0 Å². The molecule has 0 atom stereocenters. The average Bonchev–Trinajstić information content (AvgIpc) is 2.96. The molecule has 3 aromatic rings. The monoisotopic (exact) mass is 326 g/mol. The number of nitrogens with one attached hydrogen (secondary N) is 2. The summed E-state index contributed by atoms with van der Waals surface area (Å²) in [5.41, 5.74) is 9.28. The maximum Gasteiger partial charge on any atom is 0.229 e. The van der Waals surface area contributed by atoms with Gasteiger partial charge in [0, 0.05) is 23.1 Å². The van der Waals surface area contributed by atoms with E-state index in [-0.39, 0.29) is 11.6 Å². The molecule has 1 heterocycles. The minimum absolute atomic E-state index is 0.242. The van der Waals surface area contributed by atoms with Crippen LogP contribution in [0.15, 0.2) is 48.7 Å². The van der Waals surface area contributed by atoms with Crippen LogP contribution in [-0.4, -0.2) is 15.8 Å². The summed E-state index contributed by atoms with van der Waals surface area (Å²) in [4.78, 5) is 19.3. The number of anilines is 3. The van der Waals surface area contributed by atoms with Crippen molar-refractivity contribution in [3.63, 3.8) is 0 Å². The van der Waals surface area contributed by atoms with E-state index in [2.05, 4.69) is 15.3 Å². The SMILES string of the molecule is Cc1cnc(C(=O)c2ccc(Nc3ccccc3N)cc2Cl)[nH]1. The number of H-pyrrole nitrogens is 1. The minimum atomic E-state index is -0.242. The number of aromatic nitrogens is 2. The van der Waals surface area contributed by atoms with Gasteiger partial charge in [0.2, 0.25) is 5.78 Å². The Balaban J connectivity index is 1.86. The number of carbonyl (C=O) groups is 1. The van der Waals surface area contributed by atoms with Crippen LogP contribution in [-0.2, 0) is 0 Å². The topological polar surface area (TPSA) is 83.8 Å². The third-order valence-corrected chi connectivity index (χ3v) is 3.68. The first-order chi connectivity index (χ1) is 11.0. The van der Waals surface area contributed by atoms with Crippen molar-refractivity contribution in [2.45, 2.75) is 6.92 Å². The van der Waals surface area contributed by atoms with Crippen LogP contribution in [0.5, 0.6) is 0 Å². The molecule has 0 aliphatic heterocycles. The number of hydrogen-bond donors (Lipinski definition) is 3. The van der Waals surface area contributed by atoms with Gasteiger partial charge in [-0.05, 0) is 37.3 Å². The Morgan fingerprint density at radius 3 is 2.70 bits per heavy atom. The van der Waals surface area contributed by atoms with E-state index in [9.17, 15) is 4.79 Å². The van der Waals surface area contributed by atoms with Crippen molar-refractivity contribution in [3.8, 4) is 0 Å². The molecule has 0 amide bonds. The van der Waals surface area contributed by atoms with Crippen molar-refractivity contribution in [1.82, 2.24) is 9.97 Å². The second-order valence-corrected chi connectivity index (χ2v) is 5.56. The second kappa shape index (κ2) is 6.14. The first kappa shape index (κ1) is 15.1. The van der Waals surface area contributed by atoms with E-state index in [4.69, 9.17) is 17.3 Å². The number of ketones is 1. The van der Waals surface area contributed by atoms with Crippen LogP contribution >= 0.6 is 11.6 Å². The standard InChI is InChI=1S/C17H15ClN4O/c1-10-9-20-17(21-10)16(23)12-7-6-11(8-13(12)18)22-15-5-3-2-4-14(15)19/h2-9,22H,19H2,1H3,(H,20,21). The number of nitrogens with two attached hydrogens (primary N) is 1. The van der Waals surface area contributed by atoms with E-state index in [1.165, 1.54) is 0 Å². The number of aryl methyl sites for hydroxylation is 1. The summed E-state index contributed by atoms with van der Waals surface area (Å²) in [6, 6.07) is 12.6. The number of nitrogen functional groups attached to an aromatic ring is 1.